The molecular formula is C16H16F2O3. The van der Waals surface area contributed by atoms with Crippen LogP contribution in [0.1, 0.15) is 5.56 Å². The van der Waals surface area contributed by atoms with E-state index in [1.54, 1.807) is 12.1 Å². The van der Waals surface area contributed by atoms with Crippen molar-refractivity contribution in [2.45, 2.75) is 6.42 Å². The molecule has 0 aromatic heterocycles. The van der Waals surface area contributed by atoms with Crippen molar-refractivity contribution in [1.29, 1.82) is 0 Å². The van der Waals surface area contributed by atoms with E-state index in [-0.39, 0.29) is 23.9 Å². The second-order valence-corrected chi connectivity index (χ2v) is 4.45. The molecule has 0 radical (unpaired) electrons. The first-order valence-corrected chi connectivity index (χ1v) is 6.58. The fourth-order valence-corrected chi connectivity index (χ4v) is 1.76. The van der Waals surface area contributed by atoms with Gasteiger partial charge in [0.05, 0.1) is 13.2 Å². The average molecular weight is 294 g/mol. The van der Waals surface area contributed by atoms with Gasteiger partial charge in [-0.2, -0.15) is 0 Å². The highest BCUT2D eigenvalue weighted by Crippen LogP contribution is 2.21. The highest BCUT2D eigenvalue weighted by molar-refractivity contribution is 5.32. The maximum atomic E-state index is 13.3. The molecule has 0 aliphatic heterocycles. The quantitative estimate of drug-likeness (QED) is 0.796. The fourth-order valence-electron chi connectivity index (χ4n) is 1.76. The van der Waals surface area contributed by atoms with Crippen LogP contribution in [0, 0.1) is 11.6 Å². The number of hydrogen-bond acceptors (Lipinski definition) is 3. The molecule has 0 bridgehead atoms. The van der Waals surface area contributed by atoms with E-state index < -0.39 is 5.82 Å². The van der Waals surface area contributed by atoms with E-state index in [0.29, 0.717) is 19.6 Å². The molecule has 112 valence electrons. The van der Waals surface area contributed by atoms with Crippen LogP contribution in [-0.2, 0) is 11.2 Å². The molecule has 0 aliphatic rings. The van der Waals surface area contributed by atoms with Crippen molar-refractivity contribution in [3.8, 4) is 11.5 Å². The lowest BCUT2D eigenvalue weighted by Crippen LogP contribution is -2.09. The second-order valence-electron chi connectivity index (χ2n) is 4.45. The monoisotopic (exact) mass is 294 g/mol. The fraction of sp³-hybridized carbons (Fsp3) is 0.250. The molecule has 1 N–H and O–H groups in total. The number of aromatic hydroxyl groups is 1. The summed E-state index contributed by atoms with van der Waals surface area (Å²) in [5.41, 5.74) is 0.988. The van der Waals surface area contributed by atoms with Crippen LogP contribution in [0.2, 0.25) is 0 Å². The Hall–Kier alpha value is -2.14. The lowest BCUT2D eigenvalue weighted by atomic mass is 10.2. The van der Waals surface area contributed by atoms with Gasteiger partial charge in [0.2, 0.25) is 0 Å². The molecule has 21 heavy (non-hydrogen) atoms. The third-order valence-corrected chi connectivity index (χ3v) is 2.85. The molecule has 2 aromatic carbocycles. The molecule has 0 unspecified atom stereocenters. The molecule has 0 aliphatic carbocycles. The number of benzene rings is 2. The van der Waals surface area contributed by atoms with Crippen LogP contribution >= 0.6 is 0 Å². The predicted molar refractivity (Wildman–Crippen MR) is 74.5 cm³/mol. The molecule has 0 heterocycles. The summed E-state index contributed by atoms with van der Waals surface area (Å²) in [5.74, 6) is -0.935. The summed E-state index contributed by atoms with van der Waals surface area (Å²) in [6.07, 6.45) is 0.674. The molecule has 0 amide bonds. The molecule has 2 aromatic rings. The van der Waals surface area contributed by atoms with Crippen LogP contribution in [0.25, 0.3) is 0 Å². The van der Waals surface area contributed by atoms with Crippen LogP contribution in [0.5, 0.6) is 11.5 Å². The minimum atomic E-state index is -0.610. The molecule has 2 rings (SSSR count). The summed E-state index contributed by atoms with van der Waals surface area (Å²) in [7, 11) is 0. The summed E-state index contributed by atoms with van der Waals surface area (Å²) in [6.45, 7) is 1.01. The number of phenols is 1. The first-order chi connectivity index (χ1) is 10.1. The molecule has 5 heteroatoms. The number of rotatable bonds is 7. The molecule has 0 saturated heterocycles. The molecule has 3 nitrogen and oxygen atoms in total. The highest BCUT2D eigenvalue weighted by Gasteiger charge is 2.03. The minimum Gasteiger partial charge on any atom is -0.508 e. The van der Waals surface area contributed by atoms with Gasteiger partial charge in [0.1, 0.15) is 18.2 Å². The van der Waals surface area contributed by atoms with Crippen molar-refractivity contribution < 1.29 is 23.4 Å². The van der Waals surface area contributed by atoms with Crippen LogP contribution in [0.4, 0.5) is 8.78 Å². The SMILES string of the molecule is Oc1ccc(OCCOCCc2ccc(F)cc2)c(F)c1. The van der Waals surface area contributed by atoms with E-state index >= 15 is 0 Å². The van der Waals surface area contributed by atoms with Crippen molar-refractivity contribution in [3.05, 3.63) is 59.7 Å². The van der Waals surface area contributed by atoms with E-state index in [1.807, 2.05) is 0 Å². The number of halogens is 2. The number of hydrogen-bond donors (Lipinski definition) is 1. The van der Waals surface area contributed by atoms with Crippen molar-refractivity contribution in [2.75, 3.05) is 19.8 Å². The van der Waals surface area contributed by atoms with Gasteiger partial charge in [0, 0.05) is 6.07 Å². The Bertz CT molecular complexity index is 570. The van der Waals surface area contributed by atoms with E-state index in [1.165, 1.54) is 24.3 Å². The van der Waals surface area contributed by atoms with Gasteiger partial charge in [-0.3, -0.25) is 0 Å². The molecular weight excluding hydrogens is 278 g/mol. The third-order valence-electron chi connectivity index (χ3n) is 2.85. The highest BCUT2D eigenvalue weighted by atomic mass is 19.1. The smallest absolute Gasteiger partial charge is 0.168 e. The van der Waals surface area contributed by atoms with Gasteiger partial charge in [-0.25, -0.2) is 8.78 Å². The molecule has 0 fully saturated rings. The van der Waals surface area contributed by atoms with Crippen molar-refractivity contribution in [3.63, 3.8) is 0 Å². The summed E-state index contributed by atoms with van der Waals surface area (Å²) in [4.78, 5) is 0. The van der Waals surface area contributed by atoms with E-state index in [9.17, 15) is 8.78 Å². The topological polar surface area (TPSA) is 38.7 Å². The Morgan fingerprint density at radius 1 is 0.905 bits per heavy atom. The van der Waals surface area contributed by atoms with Gasteiger partial charge in [-0.15, -0.1) is 0 Å². The molecule has 0 spiro atoms. The van der Waals surface area contributed by atoms with Crippen LogP contribution < -0.4 is 4.74 Å². The van der Waals surface area contributed by atoms with Crippen LogP contribution in [0.3, 0.4) is 0 Å². The summed E-state index contributed by atoms with van der Waals surface area (Å²) in [6, 6.07) is 9.95. The van der Waals surface area contributed by atoms with Gasteiger partial charge in [0.25, 0.3) is 0 Å². The van der Waals surface area contributed by atoms with E-state index in [4.69, 9.17) is 14.6 Å². The van der Waals surface area contributed by atoms with Gasteiger partial charge >= 0.3 is 0 Å². The van der Waals surface area contributed by atoms with E-state index in [2.05, 4.69) is 0 Å². The van der Waals surface area contributed by atoms with Gasteiger partial charge < -0.3 is 14.6 Å². The molecule has 0 saturated carbocycles. The van der Waals surface area contributed by atoms with Crippen molar-refractivity contribution in [1.82, 2.24) is 0 Å². The predicted octanol–water partition coefficient (Wildman–Crippen LogP) is 3.31. The van der Waals surface area contributed by atoms with Crippen LogP contribution in [-0.4, -0.2) is 24.9 Å². The Labute approximate surface area is 121 Å². The first-order valence-electron chi connectivity index (χ1n) is 6.58. The maximum absolute atomic E-state index is 13.3. The van der Waals surface area contributed by atoms with Crippen LogP contribution in [0.15, 0.2) is 42.5 Å². The van der Waals surface area contributed by atoms with Gasteiger partial charge in [0.15, 0.2) is 11.6 Å². The molecule has 0 atom stereocenters. The largest absolute Gasteiger partial charge is 0.508 e. The Balaban J connectivity index is 1.63. The number of phenolic OH excluding ortho intramolecular Hbond substituents is 1. The van der Waals surface area contributed by atoms with E-state index in [0.717, 1.165) is 11.6 Å². The Morgan fingerprint density at radius 2 is 1.67 bits per heavy atom. The zero-order chi connectivity index (χ0) is 15.1. The van der Waals surface area contributed by atoms with Crippen molar-refractivity contribution in [2.24, 2.45) is 0 Å². The zero-order valence-electron chi connectivity index (χ0n) is 11.4. The maximum Gasteiger partial charge on any atom is 0.168 e. The number of ether oxygens (including phenoxy) is 2. The normalized spacial score (nSPS) is 10.6. The summed E-state index contributed by atoms with van der Waals surface area (Å²) < 4.78 is 36.6. The van der Waals surface area contributed by atoms with Gasteiger partial charge in [-0.1, -0.05) is 12.1 Å². The van der Waals surface area contributed by atoms with Gasteiger partial charge in [-0.05, 0) is 36.2 Å². The zero-order valence-corrected chi connectivity index (χ0v) is 11.4. The Morgan fingerprint density at radius 3 is 2.38 bits per heavy atom. The lowest BCUT2D eigenvalue weighted by Gasteiger charge is -2.08. The standard InChI is InChI=1S/C16H16F2O3/c17-13-3-1-12(2-4-13)7-8-20-9-10-21-16-6-5-14(19)11-15(16)18/h1-6,11,19H,7-10H2. The third kappa shape index (κ3) is 5.04. The van der Waals surface area contributed by atoms with Crippen molar-refractivity contribution >= 4 is 0 Å². The summed E-state index contributed by atoms with van der Waals surface area (Å²) in [5, 5.41) is 9.06. The Kier molecular flexibility index (Phi) is 5.51. The first kappa shape index (κ1) is 15.3. The summed E-state index contributed by atoms with van der Waals surface area (Å²) >= 11 is 0. The lowest BCUT2D eigenvalue weighted by molar-refractivity contribution is 0.101. The second kappa shape index (κ2) is 7.59. The average Bonchev–Trinajstić information content (AvgIpc) is 2.46. The minimum absolute atomic E-state index is 0.0786.